The van der Waals surface area contributed by atoms with Gasteiger partial charge in [-0.05, 0) is 118 Å². The molecule has 2 aliphatic carbocycles. The lowest BCUT2D eigenvalue weighted by molar-refractivity contribution is 1.51. The van der Waals surface area contributed by atoms with Gasteiger partial charge in [0.25, 0.3) is 0 Å². The molecule has 252 valence electrons. The zero-order valence-corrected chi connectivity index (χ0v) is 29.8. The Balaban J connectivity index is 1.38. The van der Waals surface area contributed by atoms with Gasteiger partial charge in [-0.2, -0.15) is 0 Å². The standard InChI is InChI=1S/C54H36/c1-7-20-37(21-8-1)43-32-19-33-44(34-43)52-50(41-28-15-5-16-29-41)51(42-30-17-6-18-31-42)54-49(40-26-13-4-14-27-40)47-35-45(38-22-9-2-10-23-38)46(36-48(47)53(52)54)39-24-11-3-12-25-39/h1-36H. The van der Waals surface area contributed by atoms with Crippen molar-refractivity contribution in [1.29, 1.82) is 0 Å². The molecule has 0 saturated heterocycles. The Morgan fingerprint density at radius 1 is 0.148 bits per heavy atom. The summed E-state index contributed by atoms with van der Waals surface area (Å²) in [6, 6.07) is 79.6. The lowest BCUT2D eigenvalue weighted by Gasteiger charge is -2.19. The van der Waals surface area contributed by atoms with Gasteiger partial charge >= 0.3 is 0 Å². The SMILES string of the molecule is c1ccc(C2=C(c3ccccc3)C(c3cccc(-c4ccccc4)c3)=C3C2=C(c2ccccc2)c2cc(-c4ccccc4)c(-c4ccccc4)cc23)cc1. The smallest absolute Gasteiger partial charge is 0.000137 e. The summed E-state index contributed by atoms with van der Waals surface area (Å²) in [5, 5.41) is 0. The van der Waals surface area contributed by atoms with Gasteiger partial charge in [0.05, 0.1) is 0 Å². The van der Waals surface area contributed by atoms with Crippen LogP contribution in [-0.2, 0) is 0 Å². The number of benzene rings is 8. The Morgan fingerprint density at radius 2 is 0.463 bits per heavy atom. The van der Waals surface area contributed by atoms with Crippen LogP contribution in [0, 0.1) is 0 Å². The van der Waals surface area contributed by atoms with Crippen LogP contribution in [0.25, 0.3) is 61.2 Å². The molecule has 0 spiro atoms. The van der Waals surface area contributed by atoms with E-state index in [0.717, 1.165) is 0 Å². The largest absolute Gasteiger partial charge is 0.0622 e. The van der Waals surface area contributed by atoms with E-state index in [1.165, 1.54) is 100 Å². The molecule has 0 N–H and O–H groups in total. The van der Waals surface area contributed by atoms with Gasteiger partial charge in [0.1, 0.15) is 0 Å². The molecule has 0 unspecified atom stereocenters. The predicted molar refractivity (Wildman–Crippen MR) is 228 cm³/mol. The van der Waals surface area contributed by atoms with Crippen LogP contribution in [0.5, 0.6) is 0 Å². The second kappa shape index (κ2) is 13.5. The molecule has 0 bridgehead atoms. The summed E-state index contributed by atoms with van der Waals surface area (Å²) in [5.41, 5.74) is 22.4. The van der Waals surface area contributed by atoms with Crippen LogP contribution < -0.4 is 0 Å². The Morgan fingerprint density at radius 3 is 0.926 bits per heavy atom. The van der Waals surface area contributed by atoms with Gasteiger partial charge in [0.15, 0.2) is 0 Å². The van der Waals surface area contributed by atoms with Crippen molar-refractivity contribution in [2.75, 3.05) is 0 Å². The first-order valence-corrected chi connectivity index (χ1v) is 18.7. The van der Waals surface area contributed by atoms with E-state index in [-0.39, 0.29) is 0 Å². The average molecular weight is 685 g/mol. The molecule has 0 radical (unpaired) electrons. The fourth-order valence-corrected chi connectivity index (χ4v) is 8.47. The molecule has 0 amide bonds. The van der Waals surface area contributed by atoms with Gasteiger partial charge in [0.2, 0.25) is 0 Å². The minimum Gasteiger partial charge on any atom is -0.0622 e. The van der Waals surface area contributed by atoms with Crippen LogP contribution in [0.1, 0.15) is 33.4 Å². The summed E-state index contributed by atoms with van der Waals surface area (Å²) >= 11 is 0. The summed E-state index contributed by atoms with van der Waals surface area (Å²) in [7, 11) is 0. The molecule has 8 aromatic carbocycles. The maximum absolute atomic E-state index is 2.48. The molecule has 0 nitrogen and oxygen atoms in total. The van der Waals surface area contributed by atoms with Crippen molar-refractivity contribution in [2.45, 2.75) is 0 Å². The van der Waals surface area contributed by atoms with E-state index in [1.54, 1.807) is 0 Å². The molecule has 0 aromatic heterocycles. The number of rotatable bonds is 7. The maximum Gasteiger partial charge on any atom is -0.000137 e. The highest BCUT2D eigenvalue weighted by Crippen LogP contribution is 2.62. The minimum absolute atomic E-state index is 1.21. The topological polar surface area (TPSA) is 0 Å². The first-order valence-electron chi connectivity index (χ1n) is 18.7. The average Bonchev–Trinajstić information content (AvgIpc) is 3.77. The van der Waals surface area contributed by atoms with Gasteiger partial charge in [0, 0.05) is 0 Å². The van der Waals surface area contributed by atoms with E-state index in [0.29, 0.717) is 0 Å². The number of allylic oxidation sites excluding steroid dienone is 5. The summed E-state index contributed by atoms with van der Waals surface area (Å²) in [6.45, 7) is 0. The molecule has 0 heteroatoms. The van der Waals surface area contributed by atoms with Crippen molar-refractivity contribution in [1.82, 2.24) is 0 Å². The van der Waals surface area contributed by atoms with E-state index in [1.807, 2.05) is 0 Å². The summed E-state index contributed by atoms with van der Waals surface area (Å²) in [4.78, 5) is 0. The first-order chi connectivity index (χ1) is 26.8. The summed E-state index contributed by atoms with van der Waals surface area (Å²) < 4.78 is 0. The normalized spacial score (nSPS) is 13.3. The van der Waals surface area contributed by atoms with E-state index >= 15 is 0 Å². The zero-order valence-electron chi connectivity index (χ0n) is 29.8. The molecule has 0 saturated carbocycles. The van der Waals surface area contributed by atoms with E-state index < -0.39 is 0 Å². The summed E-state index contributed by atoms with van der Waals surface area (Å²) in [6.07, 6.45) is 0. The second-order valence-corrected chi connectivity index (χ2v) is 14.0. The van der Waals surface area contributed by atoms with Gasteiger partial charge in [-0.15, -0.1) is 0 Å². The Hall–Kier alpha value is -7.02. The fourth-order valence-electron chi connectivity index (χ4n) is 8.47. The molecular formula is C54H36. The molecule has 0 aliphatic heterocycles. The van der Waals surface area contributed by atoms with Crippen molar-refractivity contribution in [3.8, 4) is 33.4 Å². The van der Waals surface area contributed by atoms with Crippen LogP contribution >= 0.6 is 0 Å². The number of hydrogen-bond acceptors (Lipinski definition) is 0. The second-order valence-electron chi connectivity index (χ2n) is 14.0. The van der Waals surface area contributed by atoms with Crippen LogP contribution in [0.4, 0.5) is 0 Å². The third-order valence-corrected chi connectivity index (χ3v) is 10.8. The minimum atomic E-state index is 1.21. The Bertz CT molecular complexity index is 2740. The quantitative estimate of drug-likeness (QED) is 0.157. The van der Waals surface area contributed by atoms with E-state index in [9.17, 15) is 0 Å². The molecule has 0 heterocycles. The molecular weight excluding hydrogens is 649 g/mol. The monoisotopic (exact) mass is 684 g/mol. The molecule has 2 aliphatic rings. The van der Waals surface area contributed by atoms with Gasteiger partial charge in [-0.3, -0.25) is 0 Å². The van der Waals surface area contributed by atoms with E-state index in [2.05, 4.69) is 218 Å². The highest BCUT2D eigenvalue weighted by molar-refractivity contribution is 6.39. The van der Waals surface area contributed by atoms with Crippen LogP contribution in [0.15, 0.2) is 224 Å². The fraction of sp³-hybridized carbons (Fsp3) is 0. The summed E-state index contributed by atoms with van der Waals surface area (Å²) in [5.74, 6) is 0. The van der Waals surface area contributed by atoms with Crippen molar-refractivity contribution >= 4 is 27.9 Å². The van der Waals surface area contributed by atoms with Crippen LogP contribution in [-0.4, -0.2) is 0 Å². The molecule has 0 fully saturated rings. The lowest BCUT2D eigenvalue weighted by Crippen LogP contribution is -1.97. The highest BCUT2D eigenvalue weighted by Gasteiger charge is 2.40. The molecule has 54 heavy (non-hydrogen) atoms. The van der Waals surface area contributed by atoms with Crippen LogP contribution in [0.3, 0.4) is 0 Å². The maximum atomic E-state index is 2.48. The van der Waals surface area contributed by atoms with E-state index in [4.69, 9.17) is 0 Å². The first kappa shape index (κ1) is 31.7. The number of hydrogen-bond donors (Lipinski definition) is 0. The van der Waals surface area contributed by atoms with Gasteiger partial charge in [-0.1, -0.05) is 200 Å². The van der Waals surface area contributed by atoms with Crippen LogP contribution in [0.2, 0.25) is 0 Å². The third kappa shape index (κ3) is 5.40. The number of fused-ring (bicyclic) bond motifs is 3. The van der Waals surface area contributed by atoms with Crippen molar-refractivity contribution in [3.63, 3.8) is 0 Å². The Kier molecular flexibility index (Phi) is 7.93. The zero-order chi connectivity index (χ0) is 35.8. The molecule has 8 aromatic rings. The van der Waals surface area contributed by atoms with Crippen molar-refractivity contribution in [3.05, 3.63) is 257 Å². The third-order valence-electron chi connectivity index (χ3n) is 10.8. The van der Waals surface area contributed by atoms with Gasteiger partial charge < -0.3 is 0 Å². The molecule has 10 rings (SSSR count). The lowest BCUT2D eigenvalue weighted by atomic mass is 9.84. The van der Waals surface area contributed by atoms with Crippen molar-refractivity contribution < 1.29 is 0 Å². The Labute approximate surface area is 317 Å². The molecule has 0 atom stereocenters. The highest BCUT2D eigenvalue weighted by atomic mass is 14.4. The predicted octanol–water partition coefficient (Wildman–Crippen LogP) is 14.0. The van der Waals surface area contributed by atoms with Crippen molar-refractivity contribution in [2.24, 2.45) is 0 Å². The van der Waals surface area contributed by atoms with Gasteiger partial charge in [-0.25, -0.2) is 0 Å².